The predicted octanol–water partition coefficient (Wildman–Crippen LogP) is 3.89. The standard InChI is InChI=1S/C14H27N/c1-5-6-11(2)7-12-8-13(15)10-14(3,4)9-12/h8,11,13H,5-7,9-10,15H2,1-4H3. The average Bonchev–Trinajstić information content (AvgIpc) is 1.99. The van der Waals surface area contributed by atoms with E-state index in [1.807, 2.05) is 0 Å². The SMILES string of the molecule is CCCC(C)CC1=CC(N)CC(C)(C)C1. The fourth-order valence-corrected chi connectivity index (χ4v) is 2.93. The van der Waals surface area contributed by atoms with E-state index in [0.29, 0.717) is 5.41 Å². The van der Waals surface area contributed by atoms with E-state index < -0.39 is 0 Å². The lowest BCUT2D eigenvalue weighted by Gasteiger charge is -2.34. The Balaban J connectivity index is 2.54. The highest BCUT2D eigenvalue weighted by Gasteiger charge is 2.27. The van der Waals surface area contributed by atoms with Crippen molar-refractivity contribution in [1.82, 2.24) is 0 Å². The van der Waals surface area contributed by atoms with Crippen molar-refractivity contribution in [3.05, 3.63) is 11.6 Å². The minimum absolute atomic E-state index is 0.289. The normalized spacial score (nSPS) is 27.3. The summed E-state index contributed by atoms with van der Waals surface area (Å²) in [5.74, 6) is 0.822. The quantitative estimate of drug-likeness (QED) is 0.698. The van der Waals surface area contributed by atoms with E-state index in [2.05, 4.69) is 33.8 Å². The maximum atomic E-state index is 6.07. The summed E-state index contributed by atoms with van der Waals surface area (Å²) in [5.41, 5.74) is 8.08. The van der Waals surface area contributed by atoms with Crippen LogP contribution in [0.1, 0.15) is 59.8 Å². The first kappa shape index (κ1) is 12.8. The molecule has 2 atom stereocenters. The van der Waals surface area contributed by atoms with Gasteiger partial charge in [-0.15, -0.1) is 0 Å². The van der Waals surface area contributed by atoms with Crippen LogP contribution in [0.4, 0.5) is 0 Å². The molecule has 0 saturated carbocycles. The average molecular weight is 209 g/mol. The lowest BCUT2D eigenvalue weighted by atomic mass is 9.73. The van der Waals surface area contributed by atoms with Crippen LogP contribution >= 0.6 is 0 Å². The molecule has 1 heteroatoms. The molecule has 0 aromatic carbocycles. The van der Waals surface area contributed by atoms with Crippen LogP contribution < -0.4 is 5.73 Å². The van der Waals surface area contributed by atoms with Gasteiger partial charge in [-0.25, -0.2) is 0 Å². The summed E-state index contributed by atoms with van der Waals surface area (Å²) in [5, 5.41) is 0. The molecule has 0 radical (unpaired) electrons. The monoisotopic (exact) mass is 209 g/mol. The van der Waals surface area contributed by atoms with Crippen LogP contribution in [0.25, 0.3) is 0 Å². The van der Waals surface area contributed by atoms with Crippen molar-refractivity contribution in [3.63, 3.8) is 0 Å². The third kappa shape index (κ3) is 4.38. The van der Waals surface area contributed by atoms with Gasteiger partial charge in [0.2, 0.25) is 0 Å². The molecular formula is C14H27N. The second-order valence-electron chi connectivity index (χ2n) is 6.13. The van der Waals surface area contributed by atoms with Crippen molar-refractivity contribution in [2.45, 2.75) is 65.8 Å². The van der Waals surface area contributed by atoms with Gasteiger partial charge in [0.05, 0.1) is 0 Å². The molecule has 0 fully saturated rings. The molecule has 88 valence electrons. The topological polar surface area (TPSA) is 26.0 Å². The van der Waals surface area contributed by atoms with Crippen molar-refractivity contribution < 1.29 is 0 Å². The second kappa shape index (κ2) is 5.16. The van der Waals surface area contributed by atoms with E-state index in [1.165, 1.54) is 25.7 Å². The third-order valence-corrected chi connectivity index (χ3v) is 3.34. The van der Waals surface area contributed by atoms with Gasteiger partial charge in [0.15, 0.2) is 0 Å². The fraction of sp³-hybridized carbons (Fsp3) is 0.857. The third-order valence-electron chi connectivity index (χ3n) is 3.34. The van der Waals surface area contributed by atoms with Crippen LogP contribution in [-0.2, 0) is 0 Å². The molecule has 1 rings (SSSR count). The van der Waals surface area contributed by atoms with Crippen molar-refractivity contribution in [2.24, 2.45) is 17.1 Å². The smallest absolute Gasteiger partial charge is 0.0231 e. The van der Waals surface area contributed by atoms with Gasteiger partial charge in [0, 0.05) is 6.04 Å². The second-order valence-corrected chi connectivity index (χ2v) is 6.13. The molecule has 0 aromatic rings. The zero-order chi connectivity index (χ0) is 11.5. The molecule has 1 nitrogen and oxygen atoms in total. The Morgan fingerprint density at radius 1 is 1.53 bits per heavy atom. The summed E-state index contributed by atoms with van der Waals surface area (Å²) in [7, 11) is 0. The van der Waals surface area contributed by atoms with Gasteiger partial charge < -0.3 is 5.73 Å². The van der Waals surface area contributed by atoms with Gasteiger partial charge in [-0.3, -0.25) is 0 Å². The zero-order valence-electron chi connectivity index (χ0n) is 10.8. The molecule has 2 N–H and O–H groups in total. The van der Waals surface area contributed by atoms with E-state index >= 15 is 0 Å². The first-order chi connectivity index (χ1) is 6.93. The first-order valence-electron chi connectivity index (χ1n) is 6.38. The van der Waals surface area contributed by atoms with E-state index in [4.69, 9.17) is 5.73 Å². The molecule has 0 aromatic heterocycles. The molecule has 0 aliphatic heterocycles. The van der Waals surface area contributed by atoms with Crippen molar-refractivity contribution in [2.75, 3.05) is 0 Å². The molecule has 0 saturated heterocycles. The largest absolute Gasteiger partial charge is 0.324 e. The zero-order valence-corrected chi connectivity index (χ0v) is 10.8. The summed E-state index contributed by atoms with van der Waals surface area (Å²) in [6.45, 7) is 9.30. The van der Waals surface area contributed by atoms with E-state index in [1.54, 1.807) is 5.57 Å². The van der Waals surface area contributed by atoms with E-state index in [0.717, 1.165) is 12.3 Å². The van der Waals surface area contributed by atoms with Crippen LogP contribution in [0.2, 0.25) is 0 Å². The number of hydrogen-bond acceptors (Lipinski definition) is 1. The Bertz CT molecular complexity index is 227. The Morgan fingerprint density at radius 3 is 2.73 bits per heavy atom. The van der Waals surface area contributed by atoms with E-state index in [9.17, 15) is 0 Å². The Labute approximate surface area is 95.1 Å². The molecule has 0 heterocycles. The number of allylic oxidation sites excluding steroid dienone is 1. The molecule has 0 amide bonds. The van der Waals surface area contributed by atoms with Gasteiger partial charge in [0.25, 0.3) is 0 Å². The maximum absolute atomic E-state index is 6.07. The van der Waals surface area contributed by atoms with E-state index in [-0.39, 0.29) is 6.04 Å². The molecule has 0 spiro atoms. The number of nitrogens with two attached hydrogens (primary N) is 1. The Kier molecular flexibility index (Phi) is 4.39. The maximum Gasteiger partial charge on any atom is 0.0231 e. The highest BCUT2D eigenvalue weighted by atomic mass is 14.6. The molecule has 2 unspecified atom stereocenters. The van der Waals surface area contributed by atoms with Crippen LogP contribution in [0.3, 0.4) is 0 Å². The summed E-state index contributed by atoms with van der Waals surface area (Å²) in [6.07, 6.45) is 8.59. The van der Waals surface area contributed by atoms with Crippen molar-refractivity contribution in [3.8, 4) is 0 Å². The molecule has 15 heavy (non-hydrogen) atoms. The number of hydrogen-bond donors (Lipinski definition) is 1. The Morgan fingerprint density at radius 2 is 2.20 bits per heavy atom. The molecule has 0 bridgehead atoms. The lowest BCUT2D eigenvalue weighted by Crippen LogP contribution is -2.31. The van der Waals surface area contributed by atoms with Gasteiger partial charge in [-0.1, -0.05) is 52.2 Å². The summed E-state index contributed by atoms with van der Waals surface area (Å²) >= 11 is 0. The molecule has 1 aliphatic rings. The van der Waals surface area contributed by atoms with Crippen LogP contribution in [0.15, 0.2) is 11.6 Å². The van der Waals surface area contributed by atoms with Crippen molar-refractivity contribution >= 4 is 0 Å². The highest BCUT2D eigenvalue weighted by Crippen LogP contribution is 2.37. The molecule has 1 aliphatic carbocycles. The Hall–Kier alpha value is -0.300. The summed E-state index contributed by atoms with van der Waals surface area (Å²) < 4.78 is 0. The minimum atomic E-state index is 0.289. The number of rotatable bonds is 4. The van der Waals surface area contributed by atoms with Gasteiger partial charge in [-0.2, -0.15) is 0 Å². The fourth-order valence-electron chi connectivity index (χ4n) is 2.93. The lowest BCUT2D eigenvalue weighted by molar-refractivity contribution is 0.292. The summed E-state index contributed by atoms with van der Waals surface area (Å²) in [6, 6.07) is 0.289. The predicted molar refractivity (Wildman–Crippen MR) is 67.8 cm³/mol. The van der Waals surface area contributed by atoms with Crippen LogP contribution in [0.5, 0.6) is 0 Å². The van der Waals surface area contributed by atoms with Gasteiger partial charge in [-0.05, 0) is 30.6 Å². The highest BCUT2D eigenvalue weighted by molar-refractivity contribution is 5.14. The van der Waals surface area contributed by atoms with Gasteiger partial charge >= 0.3 is 0 Å². The first-order valence-corrected chi connectivity index (χ1v) is 6.38. The van der Waals surface area contributed by atoms with Gasteiger partial charge in [0.1, 0.15) is 0 Å². The minimum Gasteiger partial charge on any atom is -0.324 e. The summed E-state index contributed by atoms with van der Waals surface area (Å²) in [4.78, 5) is 0. The van der Waals surface area contributed by atoms with Crippen molar-refractivity contribution in [1.29, 1.82) is 0 Å². The van der Waals surface area contributed by atoms with Crippen LogP contribution in [0, 0.1) is 11.3 Å². The molecular weight excluding hydrogens is 182 g/mol. The van der Waals surface area contributed by atoms with Crippen LogP contribution in [-0.4, -0.2) is 6.04 Å².